The Morgan fingerprint density at radius 2 is 1.85 bits per heavy atom. The van der Waals surface area contributed by atoms with E-state index in [2.05, 4.69) is 5.32 Å². The van der Waals surface area contributed by atoms with Crippen LogP contribution in [-0.2, 0) is 16.0 Å². The summed E-state index contributed by atoms with van der Waals surface area (Å²) in [6.07, 6.45) is 0.968. The van der Waals surface area contributed by atoms with Crippen LogP contribution in [0.1, 0.15) is 24.2 Å². The molecule has 3 rings (SSSR count). The molecule has 3 N–H and O–H groups in total. The lowest BCUT2D eigenvalue weighted by Crippen LogP contribution is -2.49. The Balaban J connectivity index is 1.77. The van der Waals surface area contributed by atoms with Crippen molar-refractivity contribution in [1.29, 1.82) is 0 Å². The zero-order valence-corrected chi connectivity index (χ0v) is 15.0. The molecule has 0 radical (unpaired) electrons. The second-order valence-corrected chi connectivity index (χ2v) is 6.24. The number of benzene rings is 2. The lowest BCUT2D eigenvalue weighted by atomic mass is 9.75. The molecule has 0 aliphatic heterocycles. The largest absolute Gasteiger partial charge is 0.475 e. The van der Waals surface area contributed by atoms with Gasteiger partial charge in [-0.05, 0) is 30.5 Å². The maximum Gasteiger partial charge on any atom is 0.475 e. The highest BCUT2D eigenvalue weighted by molar-refractivity contribution is 6.43. The van der Waals surface area contributed by atoms with Crippen LogP contribution in [0, 0.1) is 0 Å². The van der Waals surface area contributed by atoms with Gasteiger partial charge in [-0.2, -0.15) is 0 Å². The van der Waals surface area contributed by atoms with Crippen molar-refractivity contribution in [3.63, 3.8) is 0 Å². The summed E-state index contributed by atoms with van der Waals surface area (Å²) in [5.41, 5.74) is 2.20. The smallest absolute Gasteiger partial charge is 0.464 e. The second-order valence-electron chi connectivity index (χ2n) is 6.24. The Labute approximate surface area is 157 Å². The van der Waals surface area contributed by atoms with Gasteiger partial charge in [0.1, 0.15) is 5.58 Å². The molecule has 0 fully saturated rings. The molecule has 1 amide bonds. The van der Waals surface area contributed by atoms with Crippen LogP contribution in [-0.4, -0.2) is 35.6 Å². The molecule has 27 heavy (non-hydrogen) atoms. The summed E-state index contributed by atoms with van der Waals surface area (Å²) >= 11 is 0. The first-order valence-corrected chi connectivity index (χ1v) is 8.88. The SMILES string of the molecule is CCO[C@@H](C(=O)NC(Cc1coc2ccccc12)B(O)O)c1ccccc1. The third-order valence-electron chi connectivity index (χ3n) is 4.36. The predicted molar refractivity (Wildman–Crippen MR) is 103 cm³/mol. The Hall–Kier alpha value is -2.61. The van der Waals surface area contributed by atoms with Gasteiger partial charge >= 0.3 is 7.12 Å². The minimum atomic E-state index is -1.72. The van der Waals surface area contributed by atoms with E-state index in [0.717, 1.165) is 10.9 Å². The second kappa shape index (κ2) is 8.86. The molecule has 0 bridgehead atoms. The molecule has 3 aromatic rings. The van der Waals surface area contributed by atoms with Gasteiger partial charge in [-0.1, -0.05) is 48.5 Å². The van der Waals surface area contributed by atoms with Gasteiger partial charge in [-0.25, -0.2) is 0 Å². The number of furan rings is 1. The first-order valence-electron chi connectivity index (χ1n) is 8.88. The van der Waals surface area contributed by atoms with Crippen LogP contribution < -0.4 is 5.32 Å². The molecule has 0 saturated carbocycles. The van der Waals surface area contributed by atoms with Gasteiger partial charge in [-0.3, -0.25) is 4.79 Å². The van der Waals surface area contributed by atoms with Crippen molar-refractivity contribution in [1.82, 2.24) is 5.32 Å². The molecule has 2 atom stereocenters. The summed E-state index contributed by atoms with van der Waals surface area (Å²) in [4.78, 5) is 12.8. The summed E-state index contributed by atoms with van der Waals surface area (Å²) in [5.74, 6) is -1.32. The highest BCUT2D eigenvalue weighted by Crippen LogP contribution is 2.23. The van der Waals surface area contributed by atoms with Crippen molar-refractivity contribution in [3.8, 4) is 0 Å². The third kappa shape index (κ3) is 4.57. The summed E-state index contributed by atoms with van der Waals surface area (Å²) in [6.45, 7) is 2.16. The van der Waals surface area contributed by atoms with Crippen LogP contribution in [0.25, 0.3) is 11.0 Å². The van der Waals surface area contributed by atoms with E-state index in [1.165, 1.54) is 0 Å². The molecule has 1 unspecified atom stereocenters. The van der Waals surface area contributed by atoms with Crippen molar-refractivity contribution in [3.05, 3.63) is 72.0 Å². The normalized spacial score (nSPS) is 13.3. The van der Waals surface area contributed by atoms with E-state index >= 15 is 0 Å². The van der Waals surface area contributed by atoms with Crippen molar-refractivity contribution in [2.45, 2.75) is 25.4 Å². The molecular weight excluding hydrogens is 345 g/mol. The average molecular weight is 367 g/mol. The molecular formula is C20H22BNO5. The predicted octanol–water partition coefficient (Wildman–Crippen LogP) is 2.25. The van der Waals surface area contributed by atoms with Gasteiger partial charge in [0.05, 0.1) is 12.2 Å². The fourth-order valence-corrected chi connectivity index (χ4v) is 3.03. The molecule has 1 heterocycles. The fraction of sp³-hybridized carbons (Fsp3) is 0.250. The molecule has 0 saturated heterocycles. The van der Waals surface area contributed by atoms with Gasteiger partial charge in [0.15, 0.2) is 6.10 Å². The first kappa shape index (κ1) is 19.2. The van der Waals surface area contributed by atoms with Crippen molar-refractivity contribution in [2.24, 2.45) is 0 Å². The quantitative estimate of drug-likeness (QED) is 0.531. The number of hydrogen-bond donors (Lipinski definition) is 3. The van der Waals surface area contributed by atoms with Gasteiger partial charge in [0.2, 0.25) is 0 Å². The summed E-state index contributed by atoms with van der Waals surface area (Å²) < 4.78 is 11.1. The average Bonchev–Trinajstić information content (AvgIpc) is 3.09. The Morgan fingerprint density at radius 3 is 2.56 bits per heavy atom. The van der Waals surface area contributed by atoms with E-state index in [4.69, 9.17) is 9.15 Å². The van der Waals surface area contributed by atoms with Gasteiger partial charge in [0, 0.05) is 12.0 Å². The van der Waals surface area contributed by atoms with E-state index in [0.29, 0.717) is 17.8 Å². The Morgan fingerprint density at radius 1 is 1.15 bits per heavy atom. The van der Waals surface area contributed by atoms with Crippen molar-refractivity contribution < 1.29 is 24.0 Å². The monoisotopic (exact) mass is 367 g/mol. The van der Waals surface area contributed by atoms with E-state index in [-0.39, 0.29) is 6.42 Å². The lowest BCUT2D eigenvalue weighted by Gasteiger charge is -2.22. The van der Waals surface area contributed by atoms with E-state index < -0.39 is 25.1 Å². The van der Waals surface area contributed by atoms with Crippen LogP contribution in [0.3, 0.4) is 0 Å². The molecule has 1 aromatic heterocycles. The Kier molecular flexibility index (Phi) is 6.29. The summed E-state index contributed by atoms with van der Waals surface area (Å²) in [5, 5.41) is 23.1. The summed E-state index contributed by atoms with van der Waals surface area (Å²) in [6, 6.07) is 16.6. The van der Waals surface area contributed by atoms with E-state index in [1.54, 1.807) is 25.3 Å². The Bertz CT molecular complexity index is 880. The van der Waals surface area contributed by atoms with E-state index in [9.17, 15) is 14.8 Å². The number of ether oxygens (including phenoxy) is 1. The van der Waals surface area contributed by atoms with Crippen LogP contribution >= 0.6 is 0 Å². The maximum atomic E-state index is 12.8. The number of carbonyl (C=O) groups is 1. The van der Waals surface area contributed by atoms with Gasteiger partial charge < -0.3 is 24.5 Å². The number of rotatable bonds is 8. The standard InChI is InChI=1S/C20H22BNO5/c1-2-26-19(14-8-4-3-5-9-14)20(23)22-18(21(24)25)12-15-13-27-17-11-7-6-10-16(15)17/h3-11,13,18-19,24-25H,2,12H2,1H3,(H,22,23)/t18?,19-/m1/s1. The number of amides is 1. The van der Waals surface area contributed by atoms with Crippen molar-refractivity contribution in [2.75, 3.05) is 6.61 Å². The number of fused-ring (bicyclic) bond motifs is 1. The lowest BCUT2D eigenvalue weighted by molar-refractivity contribution is -0.133. The molecule has 2 aromatic carbocycles. The topological polar surface area (TPSA) is 91.9 Å². The zero-order chi connectivity index (χ0) is 19.2. The number of carbonyl (C=O) groups excluding carboxylic acids is 1. The third-order valence-corrected chi connectivity index (χ3v) is 4.36. The number of para-hydroxylation sites is 1. The zero-order valence-electron chi connectivity index (χ0n) is 15.0. The van der Waals surface area contributed by atoms with Crippen LogP contribution in [0.4, 0.5) is 0 Å². The minimum absolute atomic E-state index is 0.216. The molecule has 6 nitrogen and oxygen atoms in total. The van der Waals surface area contributed by atoms with E-state index in [1.807, 2.05) is 42.5 Å². The van der Waals surface area contributed by atoms with Crippen LogP contribution in [0.2, 0.25) is 0 Å². The highest BCUT2D eigenvalue weighted by Gasteiger charge is 2.30. The minimum Gasteiger partial charge on any atom is -0.464 e. The molecule has 140 valence electrons. The number of hydrogen-bond acceptors (Lipinski definition) is 5. The highest BCUT2D eigenvalue weighted by atomic mass is 16.5. The van der Waals surface area contributed by atoms with Crippen LogP contribution in [0.5, 0.6) is 0 Å². The summed E-state index contributed by atoms with van der Waals surface area (Å²) in [7, 11) is -1.72. The molecule has 0 spiro atoms. The van der Waals surface area contributed by atoms with Crippen molar-refractivity contribution >= 4 is 24.0 Å². The molecule has 0 aliphatic carbocycles. The van der Waals surface area contributed by atoms with Gasteiger partial charge in [-0.15, -0.1) is 0 Å². The van der Waals surface area contributed by atoms with Crippen LogP contribution in [0.15, 0.2) is 65.3 Å². The maximum absolute atomic E-state index is 12.8. The molecule has 7 heteroatoms. The first-order chi connectivity index (χ1) is 13.1. The molecule has 0 aliphatic rings. The number of nitrogens with one attached hydrogen (secondary N) is 1. The fourth-order valence-electron chi connectivity index (χ4n) is 3.03. The van der Waals surface area contributed by atoms with Gasteiger partial charge in [0.25, 0.3) is 5.91 Å².